The van der Waals surface area contributed by atoms with Gasteiger partial charge in [0.25, 0.3) is 0 Å². The van der Waals surface area contributed by atoms with Crippen LogP contribution in [0.4, 0.5) is 0 Å². The molecule has 14 heavy (non-hydrogen) atoms. The molecule has 0 aliphatic rings. The summed E-state index contributed by atoms with van der Waals surface area (Å²) in [5.74, 6) is 0.424. The Morgan fingerprint density at radius 2 is 1.86 bits per heavy atom. The van der Waals surface area contributed by atoms with Gasteiger partial charge in [-0.2, -0.15) is 0 Å². The molecule has 0 spiro atoms. The summed E-state index contributed by atoms with van der Waals surface area (Å²) in [4.78, 5) is 1.99. The van der Waals surface area contributed by atoms with E-state index in [1.807, 2.05) is 25.8 Å². The first-order valence-electron chi connectivity index (χ1n) is 4.87. The highest BCUT2D eigenvalue weighted by molar-refractivity contribution is 7.91. The molecule has 2 N–H and O–H groups in total. The van der Waals surface area contributed by atoms with Gasteiger partial charge in [0, 0.05) is 24.4 Å². The van der Waals surface area contributed by atoms with Crippen LogP contribution in [-0.4, -0.2) is 50.5 Å². The Hall–Kier alpha value is -0.130. The highest BCUT2D eigenvalue weighted by Gasteiger charge is 2.22. The highest BCUT2D eigenvalue weighted by Crippen LogP contribution is 2.09. The molecule has 4 nitrogen and oxygen atoms in total. The van der Waals surface area contributed by atoms with Gasteiger partial charge in [0.15, 0.2) is 9.84 Å². The summed E-state index contributed by atoms with van der Waals surface area (Å²) in [7, 11) is -0.965. The first-order chi connectivity index (χ1) is 6.25. The van der Waals surface area contributed by atoms with Crippen LogP contribution < -0.4 is 5.73 Å². The number of hydrogen-bond donors (Lipinski definition) is 1. The summed E-state index contributed by atoms with van der Waals surface area (Å²) in [6.45, 7) is 6.75. The van der Waals surface area contributed by atoms with Gasteiger partial charge in [-0.1, -0.05) is 6.92 Å². The van der Waals surface area contributed by atoms with Gasteiger partial charge in [-0.15, -0.1) is 0 Å². The predicted octanol–water partition coefficient (Wildman–Crippen LogP) is 0.0902. The zero-order chi connectivity index (χ0) is 11.4. The van der Waals surface area contributed by atoms with Crippen molar-refractivity contribution >= 4 is 9.84 Å². The van der Waals surface area contributed by atoms with Gasteiger partial charge in [0.1, 0.15) is 0 Å². The van der Waals surface area contributed by atoms with Gasteiger partial charge >= 0.3 is 0 Å². The molecule has 0 saturated heterocycles. The third-order valence-corrected chi connectivity index (χ3v) is 4.39. The second kappa shape index (κ2) is 5.09. The lowest BCUT2D eigenvalue weighted by atomic mass is 10.0. The SMILES string of the molecule is CCS(=O)(=O)CCN(C)C(C)(C)CN. The van der Waals surface area contributed by atoms with Gasteiger partial charge in [-0.3, -0.25) is 4.90 Å². The van der Waals surface area contributed by atoms with E-state index in [9.17, 15) is 8.42 Å². The molecule has 0 atom stereocenters. The Balaban J connectivity index is 4.16. The van der Waals surface area contributed by atoms with E-state index in [1.54, 1.807) is 6.92 Å². The lowest BCUT2D eigenvalue weighted by molar-refractivity contribution is 0.174. The van der Waals surface area contributed by atoms with Crippen molar-refractivity contribution in [3.63, 3.8) is 0 Å². The van der Waals surface area contributed by atoms with Gasteiger partial charge < -0.3 is 5.73 Å². The second-order valence-electron chi connectivity index (χ2n) is 4.17. The third kappa shape index (κ3) is 4.39. The monoisotopic (exact) mass is 222 g/mol. The second-order valence-corrected chi connectivity index (χ2v) is 6.65. The van der Waals surface area contributed by atoms with Crippen LogP contribution in [-0.2, 0) is 9.84 Å². The number of nitrogens with zero attached hydrogens (tertiary/aromatic N) is 1. The average molecular weight is 222 g/mol. The number of hydrogen-bond acceptors (Lipinski definition) is 4. The van der Waals surface area contributed by atoms with Crippen molar-refractivity contribution in [2.45, 2.75) is 26.3 Å². The van der Waals surface area contributed by atoms with E-state index in [0.29, 0.717) is 13.1 Å². The number of nitrogens with two attached hydrogens (primary N) is 1. The van der Waals surface area contributed by atoms with E-state index in [0.717, 1.165) is 0 Å². The van der Waals surface area contributed by atoms with Crippen LogP contribution in [0, 0.1) is 0 Å². The van der Waals surface area contributed by atoms with Crippen LogP contribution in [0.25, 0.3) is 0 Å². The molecule has 0 aliphatic carbocycles. The Labute approximate surface area is 87.4 Å². The van der Waals surface area contributed by atoms with Crippen molar-refractivity contribution < 1.29 is 8.42 Å². The number of likely N-dealkylation sites (N-methyl/N-ethyl adjacent to an activating group) is 1. The van der Waals surface area contributed by atoms with Crippen molar-refractivity contribution in [1.82, 2.24) is 4.90 Å². The number of rotatable bonds is 6. The summed E-state index contributed by atoms with van der Waals surface area (Å²) in [6.07, 6.45) is 0. The van der Waals surface area contributed by atoms with Crippen molar-refractivity contribution in [3.05, 3.63) is 0 Å². The predicted molar refractivity (Wildman–Crippen MR) is 60.1 cm³/mol. The molecule has 0 unspecified atom stereocenters. The van der Waals surface area contributed by atoms with E-state index >= 15 is 0 Å². The summed E-state index contributed by atoms with van der Waals surface area (Å²) >= 11 is 0. The van der Waals surface area contributed by atoms with Gasteiger partial charge in [0.05, 0.1) is 5.75 Å². The lowest BCUT2D eigenvalue weighted by Crippen LogP contribution is -2.48. The van der Waals surface area contributed by atoms with E-state index in [4.69, 9.17) is 5.73 Å². The van der Waals surface area contributed by atoms with Crippen LogP contribution in [0.3, 0.4) is 0 Å². The third-order valence-electron chi connectivity index (χ3n) is 2.71. The van der Waals surface area contributed by atoms with Crippen LogP contribution >= 0.6 is 0 Å². The first kappa shape index (κ1) is 13.9. The quantitative estimate of drug-likeness (QED) is 0.692. The van der Waals surface area contributed by atoms with Crippen LogP contribution in [0.1, 0.15) is 20.8 Å². The molecule has 5 heteroatoms. The summed E-state index contributed by atoms with van der Waals surface area (Å²) in [5, 5.41) is 0. The molecular weight excluding hydrogens is 200 g/mol. The lowest BCUT2D eigenvalue weighted by Gasteiger charge is -2.34. The molecule has 0 aromatic carbocycles. The fourth-order valence-electron chi connectivity index (χ4n) is 0.879. The molecule has 0 radical (unpaired) electrons. The summed E-state index contributed by atoms with van der Waals surface area (Å²) in [6, 6.07) is 0. The molecule has 0 aromatic rings. The smallest absolute Gasteiger partial charge is 0.151 e. The molecular formula is C9H22N2O2S. The normalized spacial score (nSPS) is 13.6. The Morgan fingerprint density at radius 3 is 2.21 bits per heavy atom. The van der Waals surface area contributed by atoms with E-state index < -0.39 is 9.84 Å². The average Bonchev–Trinajstić information content (AvgIpc) is 2.14. The zero-order valence-electron chi connectivity index (χ0n) is 9.58. The van der Waals surface area contributed by atoms with Crippen molar-refractivity contribution in [2.75, 3.05) is 31.6 Å². The Morgan fingerprint density at radius 1 is 1.36 bits per heavy atom. The standard InChI is InChI=1S/C9H22N2O2S/c1-5-14(12,13)7-6-11(4)9(2,3)8-10/h5-8,10H2,1-4H3. The first-order valence-corrected chi connectivity index (χ1v) is 6.69. The largest absolute Gasteiger partial charge is 0.329 e. The summed E-state index contributed by atoms with van der Waals surface area (Å²) < 4.78 is 22.5. The van der Waals surface area contributed by atoms with E-state index in [-0.39, 0.29) is 17.0 Å². The minimum atomic E-state index is -2.87. The topological polar surface area (TPSA) is 63.4 Å². The molecule has 0 bridgehead atoms. The summed E-state index contributed by atoms with van der Waals surface area (Å²) in [5.41, 5.74) is 5.45. The Kier molecular flexibility index (Phi) is 5.05. The van der Waals surface area contributed by atoms with Gasteiger partial charge in [0.2, 0.25) is 0 Å². The minimum absolute atomic E-state index is 0.136. The van der Waals surface area contributed by atoms with Crippen LogP contribution in [0.2, 0.25) is 0 Å². The molecule has 0 saturated carbocycles. The fourth-order valence-corrected chi connectivity index (χ4v) is 1.72. The molecule has 0 fully saturated rings. The fraction of sp³-hybridized carbons (Fsp3) is 1.00. The Bertz CT molecular complexity index is 260. The minimum Gasteiger partial charge on any atom is -0.329 e. The maximum atomic E-state index is 11.3. The van der Waals surface area contributed by atoms with E-state index in [2.05, 4.69) is 0 Å². The van der Waals surface area contributed by atoms with Crippen molar-refractivity contribution in [1.29, 1.82) is 0 Å². The molecule has 0 rings (SSSR count). The maximum absolute atomic E-state index is 11.3. The zero-order valence-corrected chi connectivity index (χ0v) is 10.4. The molecule has 86 valence electrons. The van der Waals surface area contributed by atoms with E-state index in [1.165, 1.54) is 0 Å². The van der Waals surface area contributed by atoms with Crippen molar-refractivity contribution in [3.8, 4) is 0 Å². The molecule has 0 aromatic heterocycles. The molecule has 0 amide bonds. The van der Waals surface area contributed by atoms with Crippen molar-refractivity contribution in [2.24, 2.45) is 5.73 Å². The van der Waals surface area contributed by atoms with Crippen LogP contribution in [0.15, 0.2) is 0 Å². The van der Waals surface area contributed by atoms with Crippen LogP contribution in [0.5, 0.6) is 0 Å². The highest BCUT2D eigenvalue weighted by atomic mass is 32.2. The number of sulfone groups is 1. The van der Waals surface area contributed by atoms with Gasteiger partial charge in [-0.05, 0) is 20.9 Å². The molecule has 0 aliphatic heterocycles. The maximum Gasteiger partial charge on any atom is 0.151 e. The van der Waals surface area contributed by atoms with Gasteiger partial charge in [-0.25, -0.2) is 8.42 Å². The molecule has 0 heterocycles.